The van der Waals surface area contributed by atoms with Crippen LogP contribution >= 0.6 is 23.4 Å². The lowest BCUT2D eigenvalue weighted by molar-refractivity contribution is -0.385. The van der Waals surface area contributed by atoms with Crippen molar-refractivity contribution >= 4 is 52.0 Å². The molecule has 2 aromatic carbocycles. The zero-order valence-corrected chi connectivity index (χ0v) is 14.0. The molecule has 1 heterocycles. The number of thioether (sulfide) groups is 1. The summed E-state index contributed by atoms with van der Waals surface area (Å²) in [7, 11) is 0. The predicted octanol–water partition coefficient (Wildman–Crippen LogP) is 4.19. The van der Waals surface area contributed by atoms with Crippen LogP contribution in [-0.2, 0) is 4.79 Å². The number of phenolic OH excluding ortho intramolecular Hbond substituents is 1. The molecule has 0 aliphatic carbocycles. The lowest BCUT2D eigenvalue weighted by Crippen LogP contribution is -2.27. The molecule has 3 rings (SSSR count). The van der Waals surface area contributed by atoms with Gasteiger partial charge in [0.25, 0.3) is 16.8 Å². The van der Waals surface area contributed by atoms with Gasteiger partial charge >= 0.3 is 0 Å². The first-order chi connectivity index (χ1) is 11.9. The Morgan fingerprint density at radius 3 is 2.64 bits per heavy atom. The summed E-state index contributed by atoms with van der Waals surface area (Å²) in [4.78, 5) is 36.1. The first kappa shape index (κ1) is 17.0. The Kier molecular flexibility index (Phi) is 4.47. The summed E-state index contributed by atoms with van der Waals surface area (Å²) >= 11 is 6.54. The maximum Gasteiger partial charge on any atom is 0.298 e. The minimum absolute atomic E-state index is 0.0127. The van der Waals surface area contributed by atoms with Crippen molar-refractivity contribution in [2.75, 3.05) is 4.90 Å². The van der Waals surface area contributed by atoms with Gasteiger partial charge in [-0.15, -0.1) is 0 Å². The Morgan fingerprint density at radius 2 is 1.96 bits per heavy atom. The Balaban J connectivity index is 2.02. The van der Waals surface area contributed by atoms with Crippen molar-refractivity contribution in [3.63, 3.8) is 0 Å². The minimum Gasteiger partial charge on any atom is -0.508 e. The maximum absolute atomic E-state index is 12.5. The van der Waals surface area contributed by atoms with Crippen LogP contribution in [-0.4, -0.2) is 21.2 Å². The largest absolute Gasteiger partial charge is 0.508 e. The van der Waals surface area contributed by atoms with Crippen LogP contribution in [0.4, 0.5) is 16.2 Å². The van der Waals surface area contributed by atoms with Gasteiger partial charge in [-0.1, -0.05) is 17.7 Å². The molecule has 0 bridgehead atoms. The number of anilines is 1. The molecule has 0 spiro atoms. The molecular formula is C16H9ClN2O5S. The number of amides is 2. The molecule has 1 fully saturated rings. The fourth-order valence-electron chi connectivity index (χ4n) is 2.27. The number of hydrogen-bond acceptors (Lipinski definition) is 6. The Morgan fingerprint density at radius 1 is 1.20 bits per heavy atom. The number of nitro benzene ring substituents is 1. The normalized spacial score (nSPS) is 15.9. The van der Waals surface area contributed by atoms with E-state index >= 15 is 0 Å². The van der Waals surface area contributed by atoms with E-state index in [9.17, 15) is 24.8 Å². The second-order valence-corrected chi connectivity index (χ2v) is 6.43. The number of imide groups is 1. The number of halogens is 1. The van der Waals surface area contributed by atoms with Crippen LogP contribution in [0.3, 0.4) is 0 Å². The van der Waals surface area contributed by atoms with Gasteiger partial charge in [0.05, 0.1) is 21.1 Å². The zero-order valence-electron chi connectivity index (χ0n) is 12.4. The van der Waals surface area contributed by atoms with E-state index in [1.54, 1.807) is 18.2 Å². The predicted molar refractivity (Wildman–Crippen MR) is 94.7 cm³/mol. The van der Waals surface area contributed by atoms with Gasteiger partial charge in [-0.2, -0.15) is 0 Å². The topological polar surface area (TPSA) is 101 Å². The first-order valence-corrected chi connectivity index (χ1v) is 8.07. The fraction of sp³-hybridized carbons (Fsp3) is 0. The third kappa shape index (κ3) is 3.35. The van der Waals surface area contributed by atoms with Gasteiger partial charge in [0, 0.05) is 11.1 Å². The van der Waals surface area contributed by atoms with E-state index in [4.69, 9.17) is 11.6 Å². The molecule has 126 valence electrons. The zero-order chi connectivity index (χ0) is 18.1. The number of carbonyl (C=O) groups is 2. The molecule has 1 N–H and O–H groups in total. The van der Waals surface area contributed by atoms with Crippen LogP contribution in [0, 0.1) is 10.1 Å². The third-order valence-electron chi connectivity index (χ3n) is 3.35. The fourth-order valence-corrected chi connectivity index (χ4v) is 3.29. The second kappa shape index (κ2) is 6.58. The van der Waals surface area contributed by atoms with Crippen LogP contribution < -0.4 is 4.90 Å². The van der Waals surface area contributed by atoms with Crippen molar-refractivity contribution in [2.45, 2.75) is 0 Å². The van der Waals surface area contributed by atoms with Crippen molar-refractivity contribution in [2.24, 2.45) is 0 Å². The first-order valence-electron chi connectivity index (χ1n) is 6.88. The SMILES string of the molecule is O=C1S/C(=C/c2cc(O)ccc2[N+](=O)[O-])C(=O)N1c1cccc(Cl)c1. The molecule has 0 saturated carbocycles. The lowest BCUT2D eigenvalue weighted by Gasteiger charge is -2.12. The number of rotatable bonds is 3. The number of benzene rings is 2. The summed E-state index contributed by atoms with van der Waals surface area (Å²) in [6.07, 6.45) is 1.22. The maximum atomic E-state index is 12.5. The molecule has 7 nitrogen and oxygen atoms in total. The van der Waals surface area contributed by atoms with Gasteiger partial charge in [-0.3, -0.25) is 19.7 Å². The van der Waals surface area contributed by atoms with Crippen molar-refractivity contribution in [1.29, 1.82) is 0 Å². The summed E-state index contributed by atoms with van der Waals surface area (Å²) < 4.78 is 0. The van der Waals surface area contributed by atoms with Crippen molar-refractivity contribution in [3.05, 3.63) is 68.1 Å². The highest BCUT2D eigenvalue weighted by atomic mass is 35.5. The monoisotopic (exact) mass is 376 g/mol. The number of hydrogen-bond donors (Lipinski definition) is 1. The number of nitro groups is 1. The summed E-state index contributed by atoms with van der Waals surface area (Å²) in [5, 5.41) is 20.4. The average Bonchev–Trinajstić information content (AvgIpc) is 2.81. The minimum atomic E-state index is -0.632. The molecule has 2 aromatic rings. The number of phenols is 1. The van der Waals surface area contributed by atoms with E-state index in [1.807, 2.05) is 0 Å². The molecule has 1 aliphatic heterocycles. The quantitative estimate of drug-likeness (QED) is 0.489. The van der Waals surface area contributed by atoms with Gasteiger partial charge in [0.2, 0.25) is 0 Å². The molecule has 9 heteroatoms. The van der Waals surface area contributed by atoms with Crippen molar-refractivity contribution in [1.82, 2.24) is 0 Å². The average molecular weight is 377 g/mol. The number of carbonyl (C=O) groups excluding carboxylic acids is 2. The molecule has 1 saturated heterocycles. The molecule has 2 amide bonds. The summed E-state index contributed by atoms with van der Waals surface area (Å²) in [6, 6.07) is 9.70. The number of aromatic hydroxyl groups is 1. The molecule has 0 unspecified atom stereocenters. The van der Waals surface area contributed by atoms with Crippen molar-refractivity contribution in [3.8, 4) is 5.75 Å². The highest BCUT2D eigenvalue weighted by molar-refractivity contribution is 8.19. The van der Waals surface area contributed by atoms with E-state index < -0.39 is 16.1 Å². The van der Waals surface area contributed by atoms with Gasteiger partial charge in [0.1, 0.15) is 5.75 Å². The Labute approximate surface area is 150 Å². The molecule has 0 aromatic heterocycles. The van der Waals surface area contributed by atoms with Crippen LogP contribution in [0.25, 0.3) is 6.08 Å². The van der Waals surface area contributed by atoms with Crippen molar-refractivity contribution < 1.29 is 19.6 Å². The molecular weight excluding hydrogens is 368 g/mol. The molecule has 0 radical (unpaired) electrons. The van der Waals surface area contributed by atoms with E-state index in [0.717, 1.165) is 17.0 Å². The summed E-state index contributed by atoms with van der Waals surface area (Å²) in [6.45, 7) is 0. The summed E-state index contributed by atoms with van der Waals surface area (Å²) in [5.74, 6) is -0.805. The van der Waals surface area contributed by atoms with E-state index in [-0.39, 0.29) is 21.9 Å². The Bertz CT molecular complexity index is 944. The van der Waals surface area contributed by atoms with Gasteiger partial charge in [-0.05, 0) is 48.2 Å². The van der Waals surface area contributed by atoms with Crippen LogP contribution in [0.1, 0.15) is 5.56 Å². The van der Waals surface area contributed by atoms with Crippen LogP contribution in [0.5, 0.6) is 5.75 Å². The highest BCUT2D eigenvalue weighted by Gasteiger charge is 2.36. The highest BCUT2D eigenvalue weighted by Crippen LogP contribution is 2.37. The van der Waals surface area contributed by atoms with E-state index in [2.05, 4.69) is 0 Å². The molecule has 0 atom stereocenters. The third-order valence-corrected chi connectivity index (χ3v) is 4.46. The van der Waals surface area contributed by atoms with E-state index in [0.29, 0.717) is 22.5 Å². The Hall–Kier alpha value is -2.84. The van der Waals surface area contributed by atoms with Crippen LogP contribution in [0.2, 0.25) is 5.02 Å². The van der Waals surface area contributed by atoms with Gasteiger partial charge in [-0.25, -0.2) is 4.90 Å². The van der Waals surface area contributed by atoms with Crippen LogP contribution in [0.15, 0.2) is 47.4 Å². The second-order valence-electron chi connectivity index (χ2n) is 5.00. The standard InChI is InChI=1S/C16H9ClN2O5S/c17-10-2-1-3-11(8-10)18-15(21)14(25-16(18)22)7-9-6-12(20)4-5-13(9)19(23)24/h1-8,20H/b14-7+. The smallest absolute Gasteiger partial charge is 0.298 e. The molecule has 25 heavy (non-hydrogen) atoms. The van der Waals surface area contributed by atoms with Gasteiger partial charge < -0.3 is 5.11 Å². The van der Waals surface area contributed by atoms with Gasteiger partial charge in [0.15, 0.2) is 0 Å². The molecule has 1 aliphatic rings. The lowest BCUT2D eigenvalue weighted by atomic mass is 10.1. The summed E-state index contributed by atoms with van der Waals surface area (Å²) in [5.41, 5.74) is 0.0535. The van der Waals surface area contributed by atoms with E-state index in [1.165, 1.54) is 18.2 Å². The number of nitrogens with zero attached hydrogens (tertiary/aromatic N) is 2.